The molecule has 7 heteroatoms. The van der Waals surface area contributed by atoms with Crippen LogP contribution in [0, 0.1) is 0 Å². The average molecular weight is 376 g/mol. The summed E-state index contributed by atoms with van der Waals surface area (Å²) in [7, 11) is 3.18. The standard InChI is InChI=1S/C19H24N2O4S/c1-23-16-10-14(11-17(12-16)24-2)20-19(22)21(13-18-4-3-9-26-18)15-5-7-25-8-6-15/h3-4,9-12,15H,5-8,13H2,1-2H3,(H,20,22). The molecule has 1 aromatic heterocycles. The fourth-order valence-corrected chi connectivity index (χ4v) is 3.71. The second kappa shape index (κ2) is 8.91. The Labute approximate surface area is 157 Å². The van der Waals surface area contributed by atoms with Crippen LogP contribution in [0.3, 0.4) is 0 Å². The molecule has 2 heterocycles. The predicted molar refractivity (Wildman–Crippen MR) is 102 cm³/mol. The van der Waals surface area contributed by atoms with E-state index in [9.17, 15) is 4.79 Å². The van der Waals surface area contributed by atoms with Crippen molar-refractivity contribution < 1.29 is 19.0 Å². The van der Waals surface area contributed by atoms with Crippen LogP contribution in [0.4, 0.5) is 10.5 Å². The molecule has 3 rings (SSSR count). The zero-order valence-corrected chi connectivity index (χ0v) is 15.9. The fourth-order valence-electron chi connectivity index (χ4n) is 3.01. The Morgan fingerprint density at radius 2 is 1.92 bits per heavy atom. The summed E-state index contributed by atoms with van der Waals surface area (Å²) in [5, 5.41) is 5.02. The summed E-state index contributed by atoms with van der Waals surface area (Å²) in [6.45, 7) is 1.97. The highest BCUT2D eigenvalue weighted by atomic mass is 32.1. The number of hydrogen-bond acceptors (Lipinski definition) is 5. The van der Waals surface area contributed by atoms with E-state index < -0.39 is 0 Å². The molecule has 6 nitrogen and oxygen atoms in total. The molecule has 0 radical (unpaired) electrons. The van der Waals surface area contributed by atoms with Gasteiger partial charge in [-0.05, 0) is 24.3 Å². The smallest absolute Gasteiger partial charge is 0.322 e. The van der Waals surface area contributed by atoms with Crippen LogP contribution >= 0.6 is 11.3 Å². The molecule has 0 aliphatic carbocycles. The molecule has 2 amide bonds. The van der Waals surface area contributed by atoms with Gasteiger partial charge in [0, 0.05) is 48.0 Å². The van der Waals surface area contributed by atoms with Gasteiger partial charge in [0.2, 0.25) is 0 Å². The van der Waals surface area contributed by atoms with Gasteiger partial charge in [0.25, 0.3) is 0 Å². The number of ether oxygens (including phenoxy) is 3. The van der Waals surface area contributed by atoms with E-state index in [1.54, 1.807) is 43.8 Å². The first-order valence-corrected chi connectivity index (χ1v) is 9.48. The third-order valence-electron chi connectivity index (χ3n) is 4.40. The van der Waals surface area contributed by atoms with Crippen LogP contribution < -0.4 is 14.8 Å². The van der Waals surface area contributed by atoms with Gasteiger partial charge in [0.1, 0.15) is 11.5 Å². The normalized spacial score (nSPS) is 14.7. The lowest BCUT2D eigenvalue weighted by atomic mass is 10.1. The lowest BCUT2D eigenvalue weighted by molar-refractivity contribution is 0.0462. The first kappa shape index (κ1) is 18.5. The summed E-state index contributed by atoms with van der Waals surface area (Å²) >= 11 is 1.66. The Bertz CT molecular complexity index is 692. The van der Waals surface area contributed by atoms with Crippen LogP contribution in [0.25, 0.3) is 0 Å². The molecule has 2 aromatic rings. The Kier molecular flexibility index (Phi) is 6.35. The maximum atomic E-state index is 13.0. The number of nitrogens with one attached hydrogen (secondary N) is 1. The maximum absolute atomic E-state index is 13.0. The van der Waals surface area contributed by atoms with E-state index >= 15 is 0 Å². The van der Waals surface area contributed by atoms with Crippen molar-refractivity contribution in [2.75, 3.05) is 32.8 Å². The van der Waals surface area contributed by atoms with Crippen LogP contribution in [-0.4, -0.2) is 44.4 Å². The monoisotopic (exact) mass is 376 g/mol. The second-order valence-electron chi connectivity index (χ2n) is 6.08. The lowest BCUT2D eigenvalue weighted by Gasteiger charge is -2.34. The molecule has 26 heavy (non-hydrogen) atoms. The zero-order chi connectivity index (χ0) is 18.4. The van der Waals surface area contributed by atoms with E-state index in [1.165, 1.54) is 0 Å². The summed E-state index contributed by atoms with van der Waals surface area (Å²) < 4.78 is 16.0. The number of thiophene rings is 1. The van der Waals surface area contributed by atoms with E-state index in [2.05, 4.69) is 11.4 Å². The third kappa shape index (κ3) is 4.68. The number of benzene rings is 1. The number of hydrogen-bond donors (Lipinski definition) is 1. The molecule has 0 unspecified atom stereocenters. The maximum Gasteiger partial charge on any atom is 0.322 e. The Hall–Kier alpha value is -2.25. The van der Waals surface area contributed by atoms with Crippen molar-refractivity contribution in [1.82, 2.24) is 4.90 Å². The summed E-state index contributed by atoms with van der Waals surface area (Å²) in [6.07, 6.45) is 1.69. The molecule has 0 spiro atoms. The van der Waals surface area contributed by atoms with Gasteiger partial charge in [-0.2, -0.15) is 0 Å². The van der Waals surface area contributed by atoms with Crippen LogP contribution in [0.2, 0.25) is 0 Å². The first-order valence-electron chi connectivity index (χ1n) is 8.60. The van der Waals surface area contributed by atoms with E-state index in [0.717, 1.165) is 17.7 Å². The molecule has 0 atom stereocenters. The Morgan fingerprint density at radius 3 is 2.50 bits per heavy atom. The molecule has 1 aromatic carbocycles. The van der Waals surface area contributed by atoms with Gasteiger partial charge in [-0.25, -0.2) is 4.79 Å². The Morgan fingerprint density at radius 1 is 1.23 bits per heavy atom. The van der Waals surface area contributed by atoms with Gasteiger partial charge >= 0.3 is 6.03 Å². The lowest BCUT2D eigenvalue weighted by Crippen LogP contribution is -2.44. The fraction of sp³-hybridized carbons (Fsp3) is 0.421. The van der Waals surface area contributed by atoms with E-state index in [-0.39, 0.29) is 12.1 Å². The molecule has 0 bridgehead atoms. The van der Waals surface area contributed by atoms with Crippen molar-refractivity contribution in [3.05, 3.63) is 40.6 Å². The summed E-state index contributed by atoms with van der Waals surface area (Å²) in [5.41, 5.74) is 0.648. The minimum absolute atomic E-state index is 0.124. The third-order valence-corrected chi connectivity index (χ3v) is 5.26. The van der Waals surface area contributed by atoms with Gasteiger partial charge in [-0.1, -0.05) is 6.07 Å². The largest absolute Gasteiger partial charge is 0.497 e. The molecular weight excluding hydrogens is 352 g/mol. The number of amides is 2. The summed E-state index contributed by atoms with van der Waals surface area (Å²) in [4.78, 5) is 16.1. The highest BCUT2D eigenvalue weighted by molar-refractivity contribution is 7.09. The van der Waals surface area contributed by atoms with Crippen LogP contribution in [0.1, 0.15) is 17.7 Å². The SMILES string of the molecule is COc1cc(NC(=O)N(Cc2cccs2)C2CCOCC2)cc(OC)c1. The topological polar surface area (TPSA) is 60.0 Å². The molecule has 0 saturated carbocycles. The summed E-state index contributed by atoms with van der Waals surface area (Å²) in [5.74, 6) is 1.27. The number of rotatable bonds is 6. The van der Waals surface area contributed by atoms with E-state index in [4.69, 9.17) is 14.2 Å². The molecular formula is C19H24N2O4S. The van der Waals surface area contributed by atoms with E-state index in [0.29, 0.717) is 36.9 Å². The predicted octanol–water partition coefficient (Wildman–Crippen LogP) is 3.98. The van der Waals surface area contributed by atoms with Crippen molar-refractivity contribution in [2.24, 2.45) is 0 Å². The number of carbonyl (C=O) groups is 1. The van der Waals surface area contributed by atoms with Gasteiger partial charge in [0.15, 0.2) is 0 Å². The first-order chi connectivity index (χ1) is 12.7. The van der Waals surface area contributed by atoms with Gasteiger partial charge < -0.3 is 24.4 Å². The van der Waals surface area contributed by atoms with Crippen LogP contribution in [-0.2, 0) is 11.3 Å². The molecule has 1 N–H and O–H groups in total. The van der Waals surface area contributed by atoms with Crippen LogP contribution in [0.5, 0.6) is 11.5 Å². The van der Waals surface area contributed by atoms with Crippen molar-refractivity contribution in [3.8, 4) is 11.5 Å². The Balaban J connectivity index is 1.78. The highest BCUT2D eigenvalue weighted by Crippen LogP contribution is 2.27. The number of methoxy groups -OCH3 is 2. The average Bonchev–Trinajstić information content (AvgIpc) is 3.19. The highest BCUT2D eigenvalue weighted by Gasteiger charge is 2.26. The number of urea groups is 1. The molecule has 1 fully saturated rings. The van der Waals surface area contributed by atoms with Crippen molar-refractivity contribution >= 4 is 23.1 Å². The molecule has 1 aliphatic heterocycles. The van der Waals surface area contributed by atoms with Crippen LogP contribution in [0.15, 0.2) is 35.7 Å². The molecule has 140 valence electrons. The zero-order valence-electron chi connectivity index (χ0n) is 15.1. The molecule has 1 aliphatic rings. The minimum atomic E-state index is -0.124. The second-order valence-corrected chi connectivity index (χ2v) is 7.11. The van der Waals surface area contributed by atoms with Crippen molar-refractivity contribution in [2.45, 2.75) is 25.4 Å². The molecule has 1 saturated heterocycles. The van der Waals surface area contributed by atoms with E-state index in [1.807, 2.05) is 16.3 Å². The van der Waals surface area contributed by atoms with Gasteiger partial charge in [-0.3, -0.25) is 0 Å². The summed E-state index contributed by atoms with van der Waals surface area (Å²) in [6, 6.07) is 9.45. The number of carbonyl (C=O) groups excluding carboxylic acids is 1. The van der Waals surface area contributed by atoms with Crippen molar-refractivity contribution in [3.63, 3.8) is 0 Å². The quantitative estimate of drug-likeness (QED) is 0.828. The van der Waals surface area contributed by atoms with Gasteiger partial charge in [0.05, 0.1) is 20.8 Å². The van der Waals surface area contributed by atoms with Crippen molar-refractivity contribution in [1.29, 1.82) is 0 Å². The minimum Gasteiger partial charge on any atom is -0.497 e. The number of anilines is 1. The number of nitrogens with zero attached hydrogens (tertiary/aromatic N) is 1. The van der Waals surface area contributed by atoms with Gasteiger partial charge in [-0.15, -0.1) is 11.3 Å².